The van der Waals surface area contributed by atoms with Gasteiger partial charge in [0.05, 0.1) is 7.11 Å². The first-order chi connectivity index (χ1) is 8.17. The van der Waals surface area contributed by atoms with Gasteiger partial charge in [0.15, 0.2) is 0 Å². The number of methoxy groups -OCH3 is 1. The summed E-state index contributed by atoms with van der Waals surface area (Å²) in [6.07, 6.45) is 6.65. The van der Waals surface area contributed by atoms with Crippen LogP contribution in [0.1, 0.15) is 39.5 Å². The summed E-state index contributed by atoms with van der Waals surface area (Å²) in [5, 5.41) is 0. The molecule has 1 fully saturated rings. The van der Waals surface area contributed by atoms with E-state index in [2.05, 4.69) is 11.8 Å². The van der Waals surface area contributed by atoms with Gasteiger partial charge in [-0.05, 0) is 44.7 Å². The normalized spacial score (nSPS) is 23.2. The number of nitrogens with zero attached hydrogens (tertiary/aromatic N) is 1. The molecule has 1 saturated heterocycles. The van der Waals surface area contributed by atoms with Gasteiger partial charge in [-0.25, -0.2) is 4.79 Å². The summed E-state index contributed by atoms with van der Waals surface area (Å²) >= 11 is 0. The van der Waals surface area contributed by atoms with Crippen molar-refractivity contribution < 1.29 is 9.53 Å². The van der Waals surface area contributed by atoms with Gasteiger partial charge in [0.25, 0.3) is 0 Å². The quantitative estimate of drug-likeness (QED) is 0.558. The molecular weight excluding hydrogens is 214 g/mol. The van der Waals surface area contributed by atoms with Gasteiger partial charge < -0.3 is 4.74 Å². The fourth-order valence-corrected chi connectivity index (χ4v) is 2.25. The van der Waals surface area contributed by atoms with Gasteiger partial charge in [0.2, 0.25) is 0 Å². The lowest BCUT2D eigenvalue weighted by molar-refractivity contribution is -0.136. The van der Waals surface area contributed by atoms with Gasteiger partial charge in [0, 0.05) is 12.1 Å². The van der Waals surface area contributed by atoms with E-state index in [1.807, 2.05) is 13.0 Å². The third-order valence-corrected chi connectivity index (χ3v) is 3.53. The maximum absolute atomic E-state index is 11.4. The zero-order chi connectivity index (χ0) is 12.7. The fraction of sp³-hybridized carbons (Fsp3) is 0.786. The lowest BCUT2D eigenvalue weighted by Gasteiger charge is -2.18. The largest absolute Gasteiger partial charge is 0.466 e. The van der Waals surface area contributed by atoms with Crippen molar-refractivity contribution in [1.82, 2.24) is 4.90 Å². The highest BCUT2D eigenvalue weighted by atomic mass is 16.5. The molecule has 0 saturated carbocycles. The van der Waals surface area contributed by atoms with E-state index in [4.69, 9.17) is 4.74 Å². The summed E-state index contributed by atoms with van der Waals surface area (Å²) in [5.74, 6) is 0.658. The lowest BCUT2D eigenvalue weighted by Crippen LogP contribution is -2.25. The van der Waals surface area contributed by atoms with Crippen molar-refractivity contribution in [3.63, 3.8) is 0 Å². The Bertz CT molecular complexity index is 273. The van der Waals surface area contributed by atoms with Gasteiger partial charge >= 0.3 is 5.97 Å². The molecule has 1 unspecified atom stereocenters. The number of hydrogen-bond donors (Lipinski definition) is 0. The predicted octanol–water partition coefficient (Wildman–Crippen LogP) is 2.62. The molecule has 0 aliphatic carbocycles. The molecule has 17 heavy (non-hydrogen) atoms. The minimum atomic E-state index is -0.185. The van der Waals surface area contributed by atoms with Crippen LogP contribution in [0.2, 0.25) is 0 Å². The standard InChI is InChI=1S/C14H25NO2/c1-4-13(14(16)17-3)8-11-15-9-5-6-12(2)7-10-15/h8,12H,4-7,9-11H2,1-3H3. The van der Waals surface area contributed by atoms with Crippen LogP contribution in [0.4, 0.5) is 0 Å². The van der Waals surface area contributed by atoms with E-state index < -0.39 is 0 Å². The van der Waals surface area contributed by atoms with Gasteiger partial charge in [-0.1, -0.05) is 19.9 Å². The molecule has 0 spiro atoms. The van der Waals surface area contributed by atoms with Gasteiger partial charge in [0.1, 0.15) is 0 Å². The first-order valence-electron chi connectivity index (χ1n) is 6.67. The SMILES string of the molecule is CCC(=CCN1CCCC(C)CC1)C(=O)OC. The zero-order valence-electron chi connectivity index (χ0n) is 11.4. The molecule has 0 aromatic carbocycles. The van der Waals surface area contributed by atoms with E-state index in [-0.39, 0.29) is 5.97 Å². The van der Waals surface area contributed by atoms with Crippen molar-refractivity contribution >= 4 is 5.97 Å². The Morgan fingerprint density at radius 2 is 2.18 bits per heavy atom. The number of carbonyl (C=O) groups excluding carboxylic acids is 1. The second kappa shape index (κ2) is 7.49. The average Bonchev–Trinajstić information content (AvgIpc) is 2.54. The molecule has 1 aliphatic rings. The molecule has 1 rings (SSSR count). The highest BCUT2D eigenvalue weighted by Gasteiger charge is 2.13. The number of carbonyl (C=O) groups is 1. The van der Waals surface area contributed by atoms with Gasteiger partial charge in [-0.3, -0.25) is 4.90 Å². The van der Waals surface area contributed by atoms with Crippen LogP contribution in [0.5, 0.6) is 0 Å². The summed E-state index contributed by atoms with van der Waals surface area (Å²) in [6.45, 7) is 7.50. The predicted molar refractivity (Wildman–Crippen MR) is 69.8 cm³/mol. The molecule has 0 radical (unpaired) electrons. The Morgan fingerprint density at radius 1 is 1.41 bits per heavy atom. The second-order valence-corrected chi connectivity index (χ2v) is 4.91. The van der Waals surface area contributed by atoms with E-state index in [0.29, 0.717) is 0 Å². The Kier molecular flexibility index (Phi) is 6.27. The number of rotatable bonds is 4. The lowest BCUT2D eigenvalue weighted by atomic mass is 10.0. The third-order valence-electron chi connectivity index (χ3n) is 3.53. The number of ether oxygens (including phenoxy) is 1. The van der Waals surface area contributed by atoms with Crippen molar-refractivity contribution in [1.29, 1.82) is 0 Å². The molecule has 0 aromatic rings. The van der Waals surface area contributed by atoms with E-state index in [0.717, 1.165) is 37.5 Å². The molecule has 0 N–H and O–H groups in total. The highest BCUT2D eigenvalue weighted by molar-refractivity contribution is 5.88. The maximum atomic E-state index is 11.4. The van der Waals surface area contributed by atoms with Crippen molar-refractivity contribution in [2.24, 2.45) is 5.92 Å². The molecular formula is C14H25NO2. The molecule has 0 bridgehead atoms. The number of likely N-dealkylation sites (tertiary alicyclic amines) is 1. The zero-order valence-corrected chi connectivity index (χ0v) is 11.4. The van der Waals surface area contributed by atoms with Crippen LogP contribution < -0.4 is 0 Å². The van der Waals surface area contributed by atoms with E-state index >= 15 is 0 Å². The molecule has 1 atom stereocenters. The Morgan fingerprint density at radius 3 is 2.82 bits per heavy atom. The van der Waals surface area contributed by atoms with Crippen molar-refractivity contribution in [3.8, 4) is 0 Å². The Hall–Kier alpha value is -0.830. The van der Waals surface area contributed by atoms with Crippen molar-refractivity contribution in [2.75, 3.05) is 26.7 Å². The average molecular weight is 239 g/mol. The first-order valence-corrected chi connectivity index (χ1v) is 6.67. The molecule has 1 heterocycles. The van der Waals surface area contributed by atoms with Crippen LogP contribution in [-0.4, -0.2) is 37.6 Å². The van der Waals surface area contributed by atoms with Crippen LogP contribution in [0.15, 0.2) is 11.6 Å². The van der Waals surface area contributed by atoms with Crippen LogP contribution in [0, 0.1) is 5.92 Å². The highest BCUT2D eigenvalue weighted by Crippen LogP contribution is 2.16. The summed E-state index contributed by atoms with van der Waals surface area (Å²) < 4.78 is 4.76. The van der Waals surface area contributed by atoms with Crippen LogP contribution in [-0.2, 0) is 9.53 Å². The van der Waals surface area contributed by atoms with Gasteiger partial charge in [-0.15, -0.1) is 0 Å². The minimum Gasteiger partial charge on any atom is -0.466 e. The summed E-state index contributed by atoms with van der Waals surface area (Å²) in [4.78, 5) is 13.9. The maximum Gasteiger partial charge on any atom is 0.333 e. The fourth-order valence-electron chi connectivity index (χ4n) is 2.25. The number of esters is 1. The molecule has 3 nitrogen and oxygen atoms in total. The molecule has 98 valence electrons. The topological polar surface area (TPSA) is 29.5 Å². The van der Waals surface area contributed by atoms with Gasteiger partial charge in [-0.2, -0.15) is 0 Å². The first kappa shape index (κ1) is 14.2. The van der Waals surface area contributed by atoms with E-state index in [1.54, 1.807) is 0 Å². The second-order valence-electron chi connectivity index (χ2n) is 4.91. The van der Waals surface area contributed by atoms with Crippen molar-refractivity contribution in [3.05, 3.63) is 11.6 Å². The van der Waals surface area contributed by atoms with Crippen LogP contribution in [0.25, 0.3) is 0 Å². The molecule has 0 amide bonds. The third kappa shape index (κ3) is 4.90. The van der Waals surface area contributed by atoms with Crippen LogP contribution >= 0.6 is 0 Å². The Balaban J connectivity index is 2.47. The minimum absolute atomic E-state index is 0.185. The molecule has 0 aromatic heterocycles. The molecule has 1 aliphatic heterocycles. The summed E-state index contributed by atoms with van der Waals surface area (Å²) in [5.41, 5.74) is 0.796. The van der Waals surface area contributed by atoms with E-state index in [9.17, 15) is 4.79 Å². The molecule has 3 heteroatoms. The Labute approximate surface area is 105 Å². The monoisotopic (exact) mass is 239 g/mol. The van der Waals surface area contributed by atoms with Crippen LogP contribution in [0.3, 0.4) is 0 Å². The number of hydrogen-bond acceptors (Lipinski definition) is 3. The van der Waals surface area contributed by atoms with Crippen molar-refractivity contribution in [2.45, 2.75) is 39.5 Å². The summed E-state index contributed by atoms with van der Waals surface area (Å²) in [7, 11) is 1.44. The van der Waals surface area contributed by atoms with E-state index in [1.165, 1.54) is 26.4 Å². The summed E-state index contributed by atoms with van der Waals surface area (Å²) in [6, 6.07) is 0. The smallest absolute Gasteiger partial charge is 0.333 e.